The molecule has 2 aromatic rings. The number of rotatable bonds is 1. The highest BCUT2D eigenvalue weighted by Gasteiger charge is 2.18. The van der Waals surface area contributed by atoms with Crippen molar-refractivity contribution in [3.63, 3.8) is 0 Å². The Kier molecular flexibility index (Phi) is 3.01. The lowest BCUT2D eigenvalue weighted by Crippen LogP contribution is -2.35. The highest BCUT2D eigenvalue weighted by molar-refractivity contribution is 5.98. The zero-order chi connectivity index (χ0) is 12.4. The van der Waals surface area contributed by atoms with Gasteiger partial charge in [-0.15, -0.1) is 0 Å². The summed E-state index contributed by atoms with van der Waals surface area (Å²) < 4.78 is 0. The first-order valence-electron chi connectivity index (χ1n) is 6.54. The molecule has 18 heavy (non-hydrogen) atoms. The third-order valence-corrected chi connectivity index (χ3v) is 3.55. The van der Waals surface area contributed by atoms with Crippen molar-refractivity contribution in [2.45, 2.75) is 19.3 Å². The molecule has 0 saturated carbocycles. The summed E-state index contributed by atoms with van der Waals surface area (Å²) in [4.78, 5) is 14.3. The van der Waals surface area contributed by atoms with Crippen LogP contribution >= 0.6 is 0 Å². The summed E-state index contributed by atoms with van der Waals surface area (Å²) in [6.45, 7) is 1.78. The average molecular weight is 238 g/mol. The second-order valence-corrected chi connectivity index (χ2v) is 4.83. The molecular formula is C16H16NO. The lowest BCUT2D eigenvalue weighted by Gasteiger charge is -2.26. The zero-order valence-electron chi connectivity index (χ0n) is 10.4. The van der Waals surface area contributed by atoms with Crippen LogP contribution in [-0.4, -0.2) is 23.9 Å². The van der Waals surface area contributed by atoms with Crippen LogP contribution in [0.1, 0.15) is 29.6 Å². The van der Waals surface area contributed by atoms with Gasteiger partial charge in [-0.1, -0.05) is 24.3 Å². The third-order valence-electron chi connectivity index (χ3n) is 3.55. The van der Waals surface area contributed by atoms with Gasteiger partial charge in [0, 0.05) is 18.7 Å². The van der Waals surface area contributed by atoms with Crippen LogP contribution in [0.4, 0.5) is 0 Å². The molecule has 91 valence electrons. The van der Waals surface area contributed by atoms with Crippen molar-refractivity contribution in [3.8, 4) is 0 Å². The SMILES string of the molecule is O=C(c1[c]cc2ccccc2c1)N1CCCCC1. The van der Waals surface area contributed by atoms with Crippen LogP contribution in [0.15, 0.2) is 36.4 Å². The smallest absolute Gasteiger partial charge is 0.254 e. The van der Waals surface area contributed by atoms with Crippen molar-refractivity contribution in [2.75, 3.05) is 13.1 Å². The second-order valence-electron chi connectivity index (χ2n) is 4.83. The molecule has 1 amide bonds. The van der Waals surface area contributed by atoms with Crippen molar-refractivity contribution in [2.24, 2.45) is 0 Å². The van der Waals surface area contributed by atoms with Gasteiger partial charge in [-0.25, -0.2) is 0 Å². The number of fused-ring (bicyclic) bond motifs is 1. The van der Waals surface area contributed by atoms with Gasteiger partial charge in [0.05, 0.1) is 0 Å². The number of likely N-dealkylation sites (tertiary alicyclic amines) is 1. The number of carbonyl (C=O) groups excluding carboxylic acids is 1. The molecule has 1 radical (unpaired) electrons. The third kappa shape index (κ3) is 2.10. The summed E-state index contributed by atoms with van der Waals surface area (Å²) in [5.41, 5.74) is 0.690. The van der Waals surface area contributed by atoms with Gasteiger partial charge >= 0.3 is 0 Å². The molecule has 0 N–H and O–H groups in total. The summed E-state index contributed by atoms with van der Waals surface area (Å²) in [6, 6.07) is 15.1. The van der Waals surface area contributed by atoms with Gasteiger partial charge in [-0.2, -0.15) is 0 Å². The monoisotopic (exact) mass is 238 g/mol. The Morgan fingerprint density at radius 3 is 2.56 bits per heavy atom. The number of nitrogens with zero attached hydrogens (tertiary/aromatic N) is 1. The Morgan fingerprint density at radius 2 is 1.78 bits per heavy atom. The highest BCUT2D eigenvalue weighted by Crippen LogP contribution is 2.18. The minimum absolute atomic E-state index is 0.125. The van der Waals surface area contributed by atoms with Gasteiger partial charge in [-0.05, 0) is 48.2 Å². The van der Waals surface area contributed by atoms with Crippen LogP contribution in [0.25, 0.3) is 10.8 Å². The normalized spacial score (nSPS) is 15.9. The van der Waals surface area contributed by atoms with Crippen molar-refractivity contribution < 1.29 is 4.79 Å². The van der Waals surface area contributed by atoms with E-state index < -0.39 is 0 Å². The molecule has 1 aliphatic rings. The van der Waals surface area contributed by atoms with E-state index in [-0.39, 0.29) is 5.91 Å². The van der Waals surface area contributed by atoms with E-state index in [0.29, 0.717) is 5.56 Å². The molecule has 0 unspecified atom stereocenters. The van der Waals surface area contributed by atoms with Crippen LogP contribution in [-0.2, 0) is 0 Å². The van der Waals surface area contributed by atoms with Gasteiger partial charge in [-0.3, -0.25) is 4.79 Å². The average Bonchev–Trinajstić information content (AvgIpc) is 2.47. The Morgan fingerprint density at radius 1 is 1.06 bits per heavy atom. The van der Waals surface area contributed by atoms with Crippen LogP contribution in [0.3, 0.4) is 0 Å². The van der Waals surface area contributed by atoms with Crippen LogP contribution in [0.2, 0.25) is 0 Å². The molecule has 0 aromatic heterocycles. The van der Waals surface area contributed by atoms with E-state index in [2.05, 4.69) is 6.07 Å². The topological polar surface area (TPSA) is 20.3 Å². The summed E-state index contributed by atoms with van der Waals surface area (Å²) in [6.07, 6.45) is 3.49. The largest absolute Gasteiger partial charge is 0.339 e. The number of hydrogen-bond donors (Lipinski definition) is 0. The number of carbonyl (C=O) groups is 1. The second kappa shape index (κ2) is 4.81. The molecule has 2 aromatic carbocycles. The summed E-state index contributed by atoms with van der Waals surface area (Å²) in [5, 5.41) is 2.24. The first-order valence-corrected chi connectivity index (χ1v) is 6.54. The zero-order valence-corrected chi connectivity index (χ0v) is 10.4. The van der Waals surface area contributed by atoms with Crippen molar-refractivity contribution >= 4 is 16.7 Å². The molecule has 0 aliphatic carbocycles. The molecule has 1 aliphatic heterocycles. The van der Waals surface area contributed by atoms with Crippen molar-refractivity contribution in [3.05, 3.63) is 48.0 Å². The fourth-order valence-corrected chi connectivity index (χ4v) is 2.52. The fraction of sp³-hybridized carbons (Fsp3) is 0.312. The molecule has 2 heteroatoms. The maximum atomic E-state index is 12.3. The standard InChI is InChI=1S/C16H16NO/c18-16(17-10-4-1-5-11-17)15-9-8-13-6-2-3-7-14(13)12-15/h2-3,6-8,12H,1,4-5,10-11H2. The molecule has 1 fully saturated rings. The van der Waals surface area contributed by atoms with Gasteiger partial charge in [0.15, 0.2) is 0 Å². The Bertz CT molecular complexity index is 570. The van der Waals surface area contributed by atoms with E-state index in [4.69, 9.17) is 0 Å². The van der Waals surface area contributed by atoms with E-state index in [0.717, 1.165) is 36.7 Å². The number of hydrogen-bond acceptors (Lipinski definition) is 1. The molecule has 0 spiro atoms. The van der Waals surface area contributed by atoms with Gasteiger partial charge in [0.25, 0.3) is 5.91 Å². The Balaban J connectivity index is 1.91. The highest BCUT2D eigenvalue weighted by atomic mass is 16.2. The molecule has 1 heterocycles. The predicted octanol–water partition coefficient (Wildman–Crippen LogP) is 3.27. The quantitative estimate of drug-likeness (QED) is 0.746. The van der Waals surface area contributed by atoms with Crippen molar-refractivity contribution in [1.82, 2.24) is 4.90 Å². The molecular weight excluding hydrogens is 222 g/mol. The minimum atomic E-state index is 0.125. The summed E-state index contributed by atoms with van der Waals surface area (Å²) in [5.74, 6) is 0.125. The number of amides is 1. The van der Waals surface area contributed by atoms with E-state index in [9.17, 15) is 4.79 Å². The lowest BCUT2D eigenvalue weighted by molar-refractivity contribution is 0.0724. The molecule has 1 saturated heterocycles. The molecule has 3 rings (SSSR count). The van der Waals surface area contributed by atoms with E-state index in [1.54, 1.807) is 0 Å². The van der Waals surface area contributed by atoms with Crippen molar-refractivity contribution in [1.29, 1.82) is 0 Å². The lowest BCUT2D eigenvalue weighted by atomic mass is 10.0. The Labute approximate surface area is 107 Å². The van der Waals surface area contributed by atoms with Crippen LogP contribution < -0.4 is 0 Å². The first kappa shape index (κ1) is 11.3. The first-order chi connectivity index (χ1) is 8.84. The summed E-state index contributed by atoms with van der Waals surface area (Å²) >= 11 is 0. The predicted molar refractivity (Wildman–Crippen MR) is 72.5 cm³/mol. The maximum absolute atomic E-state index is 12.3. The molecule has 0 atom stereocenters. The van der Waals surface area contributed by atoms with Crippen LogP contribution in [0, 0.1) is 6.07 Å². The van der Waals surface area contributed by atoms with E-state index in [1.165, 1.54) is 6.42 Å². The maximum Gasteiger partial charge on any atom is 0.254 e. The van der Waals surface area contributed by atoms with Crippen LogP contribution in [0.5, 0.6) is 0 Å². The van der Waals surface area contributed by atoms with Gasteiger partial charge < -0.3 is 4.90 Å². The number of benzene rings is 2. The van der Waals surface area contributed by atoms with Gasteiger partial charge in [0.2, 0.25) is 0 Å². The number of piperidine rings is 1. The van der Waals surface area contributed by atoms with E-state index >= 15 is 0 Å². The summed E-state index contributed by atoms with van der Waals surface area (Å²) in [7, 11) is 0. The molecule has 0 bridgehead atoms. The Hall–Kier alpha value is -1.83. The van der Waals surface area contributed by atoms with Gasteiger partial charge in [0.1, 0.15) is 0 Å². The fourth-order valence-electron chi connectivity index (χ4n) is 2.52. The van der Waals surface area contributed by atoms with E-state index in [1.807, 2.05) is 41.3 Å². The minimum Gasteiger partial charge on any atom is -0.339 e. The molecule has 2 nitrogen and oxygen atoms in total.